The molecule has 2 aliphatic carbocycles. The van der Waals surface area contributed by atoms with Gasteiger partial charge in [0.05, 0.1) is 6.61 Å². The first-order valence-electron chi connectivity index (χ1n) is 7.77. The van der Waals surface area contributed by atoms with Crippen molar-refractivity contribution in [2.45, 2.75) is 44.6 Å². The van der Waals surface area contributed by atoms with Crippen molar-refractivity contribution < 1.29 is 9.53 Å². The Balaban J connectivity index is 1.74. The van der Waals surface area contributed by atoms with Crippen LogP contribution < -0.4 is 5.32 Å². The molecule has 2 saturated carbocycles. The van der Waals surface area contributed by atoms with Crippen molar-refractivity contribution in [3.63, 3.8) is 0 Å². The van der Waals surface area contributed by atoms with Gasteiger partial charge in [-0.1, -0.05) is 24.3 Å². The fourth-order valence-corrected chi connectivity index (χ4v) is 2.58. The number of nitrogens with one attached hydrogen (secondary N) is 1. The largest absolute Gasteiger partial charge is 0.465 e. The highest BCUT2D eigenvalue weighted by molar-refractivity contribution is 5.77. The van der Waals surface area contributed by atoms with Crippen molar-refractivity contribution >= 4 is 5.97 Å². The molecule has 2 aliphatic rings. The molecule has 0 saturated heterocycles. The van der Waals surface area contributed by atoms with E-state index < -0.39 is 0 Å². The SMILES string of the molecule is CCOC(=O)C(NCC1CC1)c1cccc(C2CC2)c1. The Morgan fingerprint density at radius 3 is 2.80 bits per heavy atom. The van der Waals surface area contributed by atoms with Gasteiger partial charge in [-0.2, -0.15) is 0 Å². The van der Waals surface area contributed by atoms with E-state index in [-0.39, 0.29) is 12.0 Å². The quantitative estimate of drug-likeness (QED) is 0.775. The first-order chi connectivity index (χ1) is 9.78. The Bertz CT molecular complexity index is 478. The molecule has 3 rings (SSSR count). The highest BCUT2D eigenvalue weighted by Crippen LogP contribution is 2.40. The van der Waals surface area contributed by atoms with Crippen LogP contribution in [-0.2, 0) is 9.53 Å². The molecule has 1 unspecified atom stereocenters. The minimum Gasteiger partial charge on any atom is -0.465 e. The molecule has 0 aromatic heterocycles. The normalized spacial score (nSPS) is 19.6. The van der Waals surface area contributed by atoms with Gasteiger partial charge in [0.1, 0.15) is 6.04 Å². The van der Waals surface area contributed by atoms with Gasteiger partial charge in [-0.15, -0.1) is 0 Å². The maximum Gasteiger partial charge on any atom is 0.327 e. The first-order valence-corrected chi connectivity index (χ1v) is 7.77. The molecule has 3 nitrogen and oxygen atoms in total. The molecule has 0 amide bonds. The lowest BCUT2D eigenvalue weighted by molar-refractivity contribution is -0.145. The zero-order chi connectivity index (χ0) is 13.9. The lowest BCUT2D eigenvalue weighted by Gasteiger charge is -2.18. The maximum absolute atomic E-state index is 12.2. The summed E-state index contributed by atoms with van der Waals surface area (Å²) in [4.78, 5) is 12.2. The summed E-state index contributed by atoms with van der Waals surface area (Å²) in [6.45, 7) is 3.20. The summed E-state index contributed by atoms with van der Waals surface area (Å²) in [5, 5.41) is 3.39. The lowest BCUT2D eigenvalue weighted by atomic mass is 10.0. The molecule has 0 radical (unpaired) electrons. The number of rotatable bonds is 7. The van der Waals surface area contributed by atoms with E-state index in [0.29, 0.717) is 12.5 Å². The average molecular weight is 273 g/mol. The predicted octanol–water partition coefficient (Wildman–Crippen LogP) is 3.17. The van der Waals surface area contributed by atoms with Crippen LogP contribution in [0.2, 0.25) is 0 Å². The molecule has 108 valence electrons. The van der Waals surface area contributed by atoms with Gasteiger partial charge in [0.15, 0.2) is 0 Å². The highest BCUT2D eigenvalue weighted by Gasteiger charge is 2.28. The summed E-state index contributed by atoms with van der Waals surface area (Å²) >= 11 is 0. The fraction of sp³-hybridized carbons (Fsp3) is 0.588. The molecule has 0 heterocycles. The second kappa shape index (κ2) is 5.96. The third-order valence-corrected chi connectivity index (χ3v) is 4.12. The van der Waals surface area contributed by atoms with Crippen LogP contribution in [0.3, 0.4) is 0 Å². The van der Waals surface area contributed by atoms with Crippen molar-refractivity contribution in [2.75, 3.05) is 13.2 Å². The second-order valence-electron chi connectivity index (χ2n) is 5.98. The number of carbonyl (C=O) groups is 1. The van der Waals surface area contributed by atoms with E-state index in [0.717, 1.165) is 18.0 Å². The summed E-state index contributed by atoms with van der Waals surface area (Å²) < 4.78 is 5.23. The van der Waals surface area contributed by atoms with E-state index in [9.17, 15) is 4.79 Å². The number of benzene rings is 1. The van der Waals surface area contributed by atoms with E-state index in [1.807, 2.05) is 13.0 Å². The number of hydrogen-bond acceptors (Lipinski definition) is 3. The Hall–Kier alpha value is -1.35. The van der Waals surface area contributed by atoms with E-state index >= 15 is 0 Å². The van der Waals surface area contributed by atoms with Crippen LogP contribution in [0, 0.1) is 5.92 Å². The Morgan fingerprint density at radius 2 is 2.15 bits per heavy atom. The van der Waals surface area contributed by atoms with Crippen molar-refractivity contribution in [2.24, 2.45) is 5.92 Å². The minimum atomic E-state index is -0.311. The highest BCUT2D eigenvalue weighted by atomic mass is 16.5. The standard InChI is InChI=1S/C17H23NO2/c1-2-20-17(19)16(18-11-12-6-7-12)15-5-3-4-14(10-15)13-8-9-13/h3-5,10,12-13,16,18H,2,6-9,11H2,1H3. The molecule has 1 aromatic rings. The molecular weight excluding hydrogens is 250 g/mol. The molecule has 2 fully saturated rings. The molecule has 1 atom stereocenters. The fourth-order valence-electron chi connectivity index (χ4n) is 2.58. The van der Waals surface area contributed by atoms with Crippen LogP contribution in [0.5, 0.6) is 0 Å². The molecular formula is C17H23NO2. The van der Waals surface area contributed by atoms with Crippen LogP contribution in [-0.4, -0.2) is 19.1 Å². The number of hydrogen-bond donors (Lipinski definition) is 1. The molecule has 0 bridgehead atoms. The lowest BCUT2D eigenvalue weighted by Crippen LogP contribution is -2.31. The zero-order valence-corrected chi connectivity index (χ0v) is 12.1. The summed E-state index contributed by atoms with van der Waals surface area (Å²) in [6.07, 6.45) is 5.13. The van der Waals surface area contributed by atoms with Crippen molar-refractivity contribution in [3.8, 4) is 0 Å². The van der Waals surface area contributed by atoms with E-state index in [4.69, 9.17) is 4.74 Å². The van der Waals surface area contributed by atoms with Gasteiger partial charge in [-0.05, 0) is 62.1 Å². The van der Waals surface area contributed by atoms with Gasteiger partial charge < -0.3 is 10.1 Å². The van der Waals surface area contributed by atoms with E-state index in [1.165, 1.54) is 31.2 Å². The first kappa shape index (κ1) is 13.6. The van der Waals surface area contributed by atoms with Crippen LogP contribution in [0.25, 0.3) is 0 Å². The Morgan fingerprint density at radius 1 is 1.35 bits per heavy atom. The smallest absolute Gasteiger partial charge is 0.327 e. The third-order valence-electron chi connectivity index (χ3n) is 4.12. The molecule has 0 aliphatic heterocycles. The van der Waals surface area contributed by atoms with E-state index in [2.05, 4.69) is 23.5 Å². The van der Waals surface area contributed by atoms with Crippen LogP contribution >= 0.6 is 0 Å². The van der Waals surface area contributed by atoms with Gasteiger partial charge in [0, 0.05) is 0 Å². The summed E-state index contributed by atoms with van der Waals surface area (Å²) in [7, 11) is 0. The molecule has 3 heteroatoms. The summed E-state index contributed by atoms with van der Waals surface area (Å²) in [6, 6.07) is 8.14. The summed E-state index contributed by atoms with van der Waals surface area (Å²) in [5.41, 5.74) is 2.42. The number of esters is 1. The monoisotopic (exact) mass is 273 g/mol. The Kier molecular flexibility index (Phi) is 4.06. The predicted molar refractivity (Wildman–Crippen MR) is 78.5 cm³/mol. The molecule has 20 heavy (non-hydrogen) atoms. The number of ether oxygens (including phenoxy) is 1. The van der Waals surface area contributed by atoms with Crippen molar-refractivity contribution in [3.05, 3.63) is 35.4 Å². The minimum absolute atomic E-state index is 0.152. The summed E-state index contributed by atoms with van der Waals surface area (Å²) in [5.74, 6) is 1.31. The van der Waals surface area contributed by atoms with Gasteiger partial charge in [-0.3, -0.25) is 0 Å². The van der Waals surface area contributed by atoms with Crippen LogP contribution in [0.4, 0.5) is 0 Å². The maximum atomic E-state index is 12.2. The molecule has 1 aromatic carbocycles. The van der Waals surface area contributed by atoms with Crippen molar-refractivity contribution in [1.82, 2.24) is 5.32 Å². The van der Waals surface area contributed by atoms with E-state index in [1.54, 1.807) is 0 Å². The molecule has 0 spiro atoms. The number of carbonyl (C=O) groups excluding carboxylic acids is 1. The second-order valence-corrected chi connectivity index (χ2v) is 5.98. The molecule has 1 N–H and O–H groups in total. The van der Waals surface area contributed by atoms with Gasteiger partial charge >= 0.3 is 5.97 Å². The Labute approximate surface area is 120 Å². The van der Waals surface area contributed by atoms with Crippen molar-refractivity contribution in [1.29, 1.82) is 0 Å². The third kappa shape index (κ3) is 3.40. The van der Waals surface area contributed by atoms with Crippen LogP contribution in [0.15, 0.2) is 24.3 Å². The van der Waals surface area contributed by atoms with Crippen LogP contribution in [0.1, 0.15) is 55.7 Å². The van der Waals surface area contributed by atoms with Gasteiger partial charge in [0.25, 0.3) is 0 Å². The zero-order valence-electron chi connectivity index (χ0n) is 12.1. The van der Waals surface area contributed by atoms with Gasteiger partial charge in [-0.25, -0.2) is 4.79 Å². The topological polar surface area (TPSA) is 38.3 Å². The average Bonchev–Trinajstić information content (AvgIpc) is 3.33. The van der Waals surface area contributed by atoms with Gasteiger partial charge in [0.2, 0.25) is 0 Å².